The van der Waals surface area contributed by atoms with E-state index in [9.17, 15) is 0 Å². The van der Waals surface area contributed by atoms with Gasteiger partial charge in [-0.3, -0.25) is 0 Å². The molecule has 0 spiro atoms. The second kappa shape index (κ2) is 2.47. The van der Waals surface area contributed by atoms with Crippen molar-refractivity contribution in [1.29, 1.82) is 0 Å². The molecule has 1 saturated heterocycles. The van der Waals surface area contributed by atoms with E-state index in [2.05, 4.69) is 17.4 Å². The Morgan fingerprint density at radius 2 is 2.38 bits per heavy atom. The molecule has 1 heterocycles. The van der Waals surface area contributed by atoms with Crippen LogP contribution in [0, 0.1) is 0 Å². The van der Waals surface area contributed by atoms with Crippen molar-refractivity contribution in [3.8, 4) is 0 Å². The maximum absolute atomic E-state index is 4.99. The van der Waals surface area contributed by atoms with Gasteiger partial charge in [-0.05, 0) is 18.7 Å². The van der Waals surface area contributed by atoms with E-state index in [1.165, 1.54) is 11.8 Å². The van der Waals surface area contributed by atoms with Gasteiger partial charge in [-0.2, -0.15) is 5.01 Å². The highest BCUT2D eigenvalue weighted by molar-refractivity contribution is 7.90. The Morgan fingerprint density at radius 1 is 1.75 bits per heavy atom. The van der Waals surface area contributed by atoms with Crippen molar-refractivity contribution in [2.45, 2.75) is 17.0 Å². The maximum atomic E-state index is 4.99. The summed E-state index contributed by atoms with van der Waals surface area (Å²) in [4.78, 5) is 0. The number of hydrazine groups is 1. The van der Waals surface area contributed by atoms with E-state index in [1.54, 1.807) is 0 Å². The molecule has 1 fully saturated rings. The van der Waals surface area contributed by atoms with Gasteiger partial charge in [0.2, 0.25) is 0 Å². The van der Waals surface area contributed by atoms with Crippen LogP contribution in [0.3, 0.4) is 0 Å². The lowest BCUT2D eigenvalue weighted by Crippen LogP contribution is -2.33. The lowest BCUT2D eigenvalue weighted by molar-refractivity contribution is 0.263. The first kappa shape index (κ1) is 6.74. The summed E-state index contributed by atoms with van der Waals surface area (Å²) in [6, 6.07) is 0. The van der Waals surface area contributed by atoms with Crippen molar-refractivity contribution in [1.82, 2.24) is 10.4 Å². The van der Waals surface area contributed by atoms with Gasteiger partial charge < -0.3 is 12.6 Å². The van der Waals surface area contributed by atoms with Crippen LogP contribution in [-0.4, -0.2) is 22.1 Å². The summed E-state index contributed by atoms with van der Waals surface area (Å²) >= 11 is 6.30. The zero-order chi connectivity index (χ0) is 6.15. The van der Waals surface area contributed by atoms with Crippen LogP contribution in [0.1, 0.15) is 6.92 Å². The first-order valence-corrected chi connectivity index (χ1v) is 4.05. The van der Waals surface area contributed by atoms with Crippen molar-refractivity contribution >= 4 is 24.4 Å². The second-order valence-corrected chi connectivity index (χ2v) is 4.26. The topological polar surface area (TPSA) is 15.3 Å². The van der Waals surface area contributed by atoms with Crippen molar-refractivity contribution in [2.75, 3.05) is 7.05 Å². The lowest BCUT2D eigenvalue weighted by Gasteiger charge is -2.09. The number of hydrogen-bond acceptors (Lipinski definition) is 3. The Morgan fingerprint density at radius 3 is 2.50 bits per heavy atom. The molecule has 0 aromatic rings. The minimum absolute atomic E-state index is 0.231. The zero-order valence-corrected chi connectivity index (χ0v) is 6.67. The van der Waals surface area contributed by atoms with Crippen LogP contribution >= 0.6 is 0 Å². The SMILES string of the molecule is CC1[SH+]C([S-])NN1C. The monoisotopic (exact) mass is 150 g/mol. The minimum Gasteiger partial charge on any atom is -0.717 e. The smallest absolute Gasteiger partial charge is 0.178 e. The van der Waals surface area contributed by atoms with Gasteiger partial charge in [-0.25, -0.2) is 5.43 Å². The summed E-state index contributed by atoms with van der Waals surface area (Å²) in [6.07, 6.45) is 0. The van der Waals surface area contributed by atoms with E-state index in [4.69, 9.17) is 12.6 Å². The highest BCUT2D eigenvalue weighted by Crippen LogP contribution is 2.06. The average molecular weight is 150 g/mol. The molecule has 2 nitrogen and oxygen atoms in total. The third kappa shape index (κ3) is 1.31. The number of thiol groups is 1. The fourth-order valence-electron chi connectivity index (χ4n) is 0.611. The van der Waals surface area contributed by atoms with E-state index in [1.807, 2.05) is 7.05 Å². The summed E-state index contributed by atoms with van der Waals surface area (Å²) in [5, 5.41) is 2.64. The van der Waals surface area contributed by atoms with Gasteiger partial charge in [0, 0.05) is 7.05 Å². The third-order valence-corrected chi connectivity index (χ3v) is 2.86. The highest BCUT2D eigenvalue weighted by atomic mass is 32.2. The van der Waals surface area contributed by atoms with Crippen molar-refractivity contribution < 1.29 is 0 Å². The summed E-state index contributed by atoms with van der Waals surface area (Å²) < 4.78 is 0.231. The molecule has 0 aromatic heterocycles. The van der Waals surface area contributed by atoms with Crippen LogP contribution < -0.4 is 5.43 Å². The standard InChI is InChI=1S/C4H10N2S2/c1-3-6(2)5-4(7)8-3/h3-5,7H,1-2H3. The Bertz CT molecular complexity index is 78.1. The quantitative estimate of drug-likeness (QED) is 0.283. The maximum Gasteiger partial charge on any atom is 0.178 e. The summed E-state index contributed by atoms with van der Waals surface area (Å²) in [5.74, 6) is 0. The van der Waals surface area contributed by atoms with Crippen molar-refractivity contribution in [3.05, 3.63) is 0 Å². The molecule has 0 aliphatic carbocycles. The fourth-order valence-corrected chi connectivity index (χ4v) is 2.21. The summed E-state index contributed by atoms with van der Waals surface area (Å²) in [6.45, 7) is 2.15. The van der Waals surface area contributed by atoms with Crippen molar-refractivity contribution in [2.24, 2.45) is 0 Å². The van der Waals surface area contributed by atoms with Crippen LogP contribution in [-0.2, 0) is 24.4 Å². The Hall–Kier alpha value is 0.620. The minimum atomic E-state index is 0.231. The van der Waals surface area contributed by atoms with Gasteiger partial charge in [0.05, 0.1) is 4.71 Å². The average Bonchev–Trinajstić information content (AvgIpc) is 1.85. The molecule has 1 aliphatic rings. The second-order valence-electron chi connectivity index (χ2n) is 1.87. The molecule has 48 valence electrons. The molecular formula is C4H10N2S2. The van der Waals surface area contributed by atoms with E-state index in [-0.39, 0.29) is 4.71 Å². The molecule has 2 atom stereocenters. The number of nitrogens with one attached hydrogen (secondary N) is 1. The number of rotatable bonds is 0. The van der Waals surface area contributed by atoms with Gasteiger partial charge in [0.25, 0.3) is 0 Å². The predicted molar refractivity (Wildman–Crippen MR) is 40.3 cm³/mol. The molecule has 4 heteroatoms. The van der Waals surface area contributed by atoms with Crippen LogP contribution in [0.15, 0.2) is 0 Å². The number of hydrogen-bond donors (Lipinski definition) is 1. The Kier molecular flexibility index (Phi) is 2.08. The molecule has 0 bridgehead atoms. The van der Waals surface area contributed by atoms with Gasteiger partial charge in [0.1, 0.15) is 0 Å². The molecule has 0 saturated carbocycles. The van der Waals surface area contributed by atoms with Crippen LogP contribution in [0.4, 0.5) is 0 Å². The predicted octanol–water partition coefficient (Wildman–Crippen LogP) is -0.572. The van der Waals surface area contributed by atoms with E-state index in [0.29, 0.717) is 5.37 Å². The molecule has 1 aliphatic heterocycles. The highest BCUT2D eigenvalue weighted by Gasteiger charge is 2.25. The molecular weight excluding hydrogens is 140 g/mol. The molecule has 2 unspecified atom stereocenters. The van der Waals surface area contributed by atoms with Gasteiger partial charge in [-0.15, -0.1) is 0 Å². The molecule has 0 aromatic carbocycles. The van der Waals surface area contributed by atoms with E-state index < -0.39 is 0 Å². The summed E-state index contributed by atoms with van der Waals surface area (Å²) in [7, 11) is 2.02. The van der Waals surface area contributed by atoms with Gasteiger partial charge in [0.15, 0.2) is 5.37 Å². The van der Waals surface area contributed by atoms with E-state index in [0.717, 1.165) is 0 Å². The number of nitrogens with zero attached hydrogens (tertiary/aromatic N) is 1. The molecule has 1 rings (SSSR count). The van der Waals surface area contributed by atoms with E-state index >= 15 is 0 Å². The molecule has 0 radical (unpaired) electrons. The zero-order valence-electron chi connectivity index (χ0n) is 4.96. The van der Waals surface area contributed by atoms with Crippen LogP contribution in [0.5, 0.6) is 0 Å². The Labute approximate surface area is 59.4 Å². The summed E-state index contributed by atoms with van der Waals surface area (Å²) in [5.41, 5.74) is 3.10. The first-order valence-electron chi connectivity index (χ1n) is 2.55. The molecule has 0 amide bonds. The van der Waals surface area contributed by atoms with Gasteiger partial charge >= 0.3 is 0 Å². The Balaban J connectivity index is 2.39. The largest absolute Gasteiger partial charge is 0.717 e. The lowest BCUT2D eigenvalue weighted by atomic mass is 10.7. The van der Waals surface area contributed by atoms with Gasteiger partial charge in [-0.1, -0.05) is 0 Å². The molecule has 1 N–H and O–H groups in total. The third-order valence-electron chi connectivity index (χ3n) is 1.23. The fraction of sp³-hybridized carbons (Fsp3) is 1.00. The van der Waals surface area contributed by atoms with Crippen LogP contribution in [0.2, 0.25) is 0 Å². The normalized spacial score (nSPS) is 40.9. The molecule has 8 heavy (non-hydrogen) atoms. The first-order chi connectivity index (χ1) is 3.70. The van der Waals surface area contributed by atoms with Crippen LogP contribution in [0.25, 0.3) is 0 Å². The van der Waals surface area contributed by atoms with Crippen molar-refractivity contribution in [3.63, 3.8) is 0 Å².